The van der Waals surface area contributed by atoms with Crippen LogP contribution in [0.25, 0.3) is 0 Å². The summed E-state index contributed by atoms with van der Waals surface area (Å²) in [5.74, 6) is 0.387. The fourth-order valence-electron chi connectivity index (χ4n) is 4.65. The molecule has 0 radical (unpaired) electrons. The molecule has 1 aliphatic carbocycles. The molecular weight excluding hydrogens is 333 g/mol. The van der Waals surface area contributed by atoms with E-state index in [1.54, 1.807) is 11.0 Å². The van der Waals surface area contributed by atoms with E-state index in [-0.39, 0.29) is 29.6 Å². The monoisotopic (exact) mass is 359 g/mol. The van der Waals surface area contributed by atoms with Crippen molar-refractivity contribution in [2.24, 2.45) is 11.8 Å². The molecule has 1 N–H and O–H groups in total. The van der Waals surface area contributed by atoms with Crippen LogP contribution in [0.2, 0.25) is 0 Å². The predicted octanol–water partition coefficient (Wildman–Crippen LogP) is 2.13. The molecule has 2 amide bonds. The van der Waals surface area contributed by atoms with Gasteiger partial charge in [0.05, 0.1) is 12.0 Å². The molecule has 0 spiro atoms. The van der Waals surface area contributed by atoms with Crippen molar-refractivity contribution in [3.8, 4) is 0 Å². The number of fused-ring (bicyclic) bond motifs is 1. The number of hydrogen-bond donors (Lipinski definition) is 1. The Hall–Kier alpha value is -2.11. The summed E-state index contributed by atoms with van der Waals surface area (Å²) in [6, 6.07) is 0.0687. The number of rotatable bonds is 3. The highest BCUT2D eigenvalue weighted by Crippen LogP contribution is 2.37. The van der Waals surface area contributed by atoms with Gasteiger partial charge in [0.1, 0.15) is 5.83 Å². The van der Waals surface area contributed by atoms with Gasteiger partial charge in [-0.2, -0.15) is 0 Å². The van der Waals surface area contributed by atoms with Crippen LogP contribution in [0.3, 0.4) is 0 Å². The quantitative estimate of drug-likeness (QED) is 0.840. The lowest BCUT2D eigenvalue weighted by molar-refractivity contribution is -0.137. The van der Waals surface area contributed by atoms with Crippen molar-refractivity contribution >= 4 is 11.8 Å². The summed E-state index contributed by atoms with van der Waals surface area (Å²) >= 11 is 0. The Morgan fingerprint density at radius 3 is 2.69 bits per heavy atom. The Bertz CT molecular complexity index is 704. The molecule has 2 unspecified atom stereocenters. The molecule has 0 bridgehead atoms. The number of likely N-dealkylation sites (tertiary alicyclic amines) is 2. The average Bonchev–Trinajstić information content (AvgIpc) is 3.24. The van der Waals surface area contributed by atoms with E-state index in [2.05, 4.69) is 5.32 Å². The van der Waals surface area contributed by atoms with Crippen LogP contribution in [-0.2, 0) is 9.59 Å². The van der Waals surface area contributed by atoms with Crippen LogP contribution in [0.1, 0.15) is 32.6 Å². The highest BCUT2D eigenvalue weighted by Gasteiger charge is 2.38. The standard InChI is InChI=1S/C20H26FN3O2/c1-2-23-12-14(9-19(23)25)20(26)24-7-5-13(6-8-24)17-11-22-18-10-15(21)3-4-16(17)18/h3-4,11,13-14,18,22H,2,5-10,12H2,1H3. The van der Waals surface area contributed by atoms with Gasteiger partial charge < -0.3 is 15.1 Å². The summed E-state index contributed by atoms with van der Waals surface area (Å²) < 4.78 is 13.4. The van der Waals surface area contributed by atoms with E-state index in [1.807, 2.05) is 24.1 Å². The van der Waals surface area contributed by atoms with Crippen molar-refractivity contribution in [3.05, 3.63) is 35.3 Å². The molecule has 0 aromatic heterocycles. The highest BCUT2D eigenvalue weighted by molar-refractivity contribution is 5.89. The second-order valence-electron chi connectivity index (χ2n) is 7.69. The van der Waals surface area contributed by atoms with Crippen LogP contribution in [0.15, 0.2) is 35.3 Å². The Morgan fingerprint density at radius 2 is 2.00 bits per heavy atom. The van der Waals surface area contributed by atoms with Gasteiger partial charge in [0, 0.05) is 45.2 Å². The van der Waals surface area contributed by atoms with Crippen molar-refractivity contribution in [3.63, 3.8) is 0 Å². The van der Waals surface area contributed by atoms with Crippen LogP contribution >= 0.6 is 0 Å². The molecule has 2 atom stereocenters. The Morgan fingerprint density at radius 1 is 1.23 bits per heavy atom. The molecule has 4 aliphatic rings. The van der Waals surface area contributed by atoms with Gasteiger partial charge in [0.15, 0.2) is 0 Å². The first-order valence-electron chi connectivity index (χ1n) is 9.66. The zero-order valence-electron chi connectivity index (χ0n) is 15.2. The van der Waals surface area contributed by atoms with Crippen molar-refractivity contribution in [1.29, 1.82) is 0 Å². The number of carbonyl (C=O) groups is 2. The van der Waals surface area contributed by atoms with Crippen LogP contribution in [0, 0.1) is 11.8 Å². The molecule has 3 heterocycles. The van der Waals surface area contributed by atoms with Gasteiger partial charge >= 0.3 is 0 Å². The van der Waals surface area contributed by atoms with Crippen LogP contribution < -0.4 is 5.32 Å². The normalized spacial score (nSPS) is 29.2. The molecule has 6 heteroatoms. The summed E-state index contributed by atoms with van der Waals surface area (Å²) in [6.07, 6.45) is 8.14. The molecule has 140 valence electrons. The SMILES string of the molecule is CCN1CC(C(=O)N2CCC(C3=CNC4CC(F)=CC=C34)CC2)CC1=O. The molecule has 4 rings (SSSR count). The smallest absolute Gasteiger partial charge is 0.227 e. The lowest BCUT2D eigenvalue weighted by Gasteiger charge is -2.34. The van der Waals surface area contributed by atoms with Crippen LogP contribution in [-0.4, -0.2) is 53.8 Å². The van der Waals surface area contributed by atoms with Crippen LogP contribution in [0.4, 0.5) is 4.39 Å². The lowest BCUT2D eigenvalue weighted by Crippen LogP contribution is -2.42. The molecule has 0 aromatic rings. The molecular formula is C20H26FN3O2. The minimum atomic E-state index is -0.176. The summed E-state index contributed by atoms with van der Waals surface area (Å²) in [7, 11) is 0. The second-order valence-corrected chi connectivity index (χ2v) is 7.69. The summed E-state index contributed by atoms with van der Waals surface area (Å²) in [5.41, 5.74) is 2.48. The number of nitrogens with one attached hydrogen (secondary N) is 1. The van der Waals surface area contributed by atoms with Gasteiger partial charge in [-0.25, -0.2) is 4.39 Å². The van der Waals surface area contributed by atoms with E-state index < -0.39 is 0 Å². The van der Waals surface area contributed by atoms with Crippen molar-refractivity contribution in [2.75, 3.05) is 26.2 Å². The van der Waals surface area contributed by atoms with Crippen molar-refractivity contribution in [2.45, 2.75) is 38.6 Å². The maximum atomic E-state index is 13.4. The third-order valence-corrected chi connectivity index (χ3v) is 6.18. The maximum Gasteiger partial charge on any atom is 0.227 e. The summed E-state index contributed by atoms with van der Waals surface area (Å²) in [4.78, 5) is 28.4. The molecule has 5 nitrogen and oxygen atoms in total. The van der Waals surface area contributed by atoms with Gasteiger partial charge in [-0.3, -0.25) is 9.59 Å². The zero-order chi connectivity index (χ0) is 18.3. The number of allylic oxidation sites excluding steroid dienone is 2. The summed E-state index contributed by atoms with van der Waals surface area (Å²) in [5, 5.41) is 3.30. The molecule has 2 fully saturated rings. The first-order chi connectivity index (χ1) is 12.6. The average molecular weight is 359 g/mol. The predicted molar refractivity (Wildman–Crippen MR) is 96.6 cm³/mol. The minimum absolute atomic E-state index is 0.0687. The fourth-order valence-corrected chi connectivity index (χ4v) is 4.65. The number of amides is 2. The Labute approximate surface area is 153 Å². The highest BCUT2D eigenvalue weighted by atomic mass is 19.1. The number of hydrogen-bond acceptors (Lipinski definition) is 3. The van der Waals surface area contributed by atoms with E-state index >= 15 is 0 Å². The third kappa shape index (κ3) is 3.06. The van der Waals surface area contributed by atoms with E-state index in [0.717, 1.165) is 25.9 Å². The molecule has 2 saturated heterocycles. The lowest BCUT2D eigenvalue weighted by atomic mass is 9.82. The zero-order valence-corrected chi connectivity index (χ0v) is 15.2. The van der Waals surface area contributed by atoms with Gasteiger partial charge in [0.2, 0.25) is 11.8 Å². The topological polar surface area (TPSA) is 52.7 Å². The van der Waals surface area contributed by atoms with Crippen LogP contribution in [0.5, 0.6) is 0 Å². The number of nitrogens with zero attached hydrogens (tertiary/aromatic N) is 2. The maximum absolute atomic E-state index is 13.4. The Balaban J connectivity index is 1.35. The first-order valence-corrected chi connectivity index (χ1v) is 9.66. The molecule has 0 aromatic carbocycles. The molecule has 0 saturated carbocycles. The van der Waals surface area contributed by atoms with Gasteiger partial charge in [0.25, 0.3) is 0 Å². The molecule has 26 heavy (non-hydrogen) atoms. The van der Waals surface area contributed by atoms with E-state index in [4.69, 9.17) is 0 Å². The number of carbonyl (C=O) groups excluding carboxylic acids is 2. The number of piperidine rings is 1. The van der Waals surface area contributed by atoms with Gasteiger partial charge in [-0.15, -0.1) is 0 Å². The second kappa shape index (κ2) is 6.89. The Kier molecular flexibility index (Phi) is 4.59. The first kappa shape index (κ1) is 17.3. The minimum Gasteiger partial charge on any atom is -0.383 e. The van der Waals surface area contributed by atoms with Gasteiger partial charge in [-0.1, -0.05) is 6.08 Å². The van der Waals surface area contributed by atoms with Crippen molar-refractivity contribution < 1.29 is 14.0 Å². The third-order valence-electron chi connectivity index (χ3n) is 6.18. The molecule has 3 aliphatic heterocycles. The van der Waals surface area contributed by atoms with E-state index in [9.17, 15) is 14.0 Å². The fraction of sp³-hybridized carbons (Fsp3) is 0.600. The van der Waals surface area contributed by atoms with Crippen molar-refractivity contribution in [1.82, 2.24) is 15.1 Å². The number of halogens is 1. The van der Waals surface area contributed by atoms with E-state index in [0.29, 0.717) is 31.8 Å². The van der Waals surface area contributed by atoms with Gasteiger partial charge in [-0.05, 0) is 42.9 Å². The largest absolute Gasteiger partial charge is 0.383 e. The van der Waals surface area contributed by atoms with E-state index in [1.165, 1.54) is 11.1 Å². The summed E-state index contributed by atoms with van der Waals surface area (Å²) in [6.45, 7) is 4.67.